The van der Waals surface area contributed by atoms with Gasteiger partial charge in [0.1, 0.15) is 5.69 Å². The van der Waals surface area contributed by atoms with Crippen molar-refractivity contribution in [1.29, 1.82) is 0 Å². The van der Waals surface area contributed by atoms with Gasteiger partial charge in [-0.3, -0.25) is 9.36 Å². The van der Waals surface area contributed by atoms with E-state index in [1.807, 2.05) is 54.6 Å². The number of aromatic nitrogens is 2. The molecule has 1 aromatic heterocycles. The number of rotatable bonds is 5. The lowest BCUT2D eigenvalue weighted by atomic mass is 10.1. The molecule has 4 rings (SSSR count). The molecule has 1 aliphatic heterocycles. The highest BCUT2D eigenvalue weighted by molar-refractivity contribution is 6.03. The van der Waals surface area contributed by atoms with Gasteiger partial charge in [-0.15, -0.1) is 0 Å². The van der Waals surface area contributed by atoms with Gasteiger partial charge in [-0.1, -0.05) is 18.2 Å². The second-order valence-electron chi connectivity index (χ2n) is 6.55. The topological polar surface area (TPSA) is 68.2 Å². The zero-order valence-corrected chi connectivity index (χ0v) is 15.0. The number of amides is 1. The Morgan fingerprint density at radius 2 is 1.70 bits per heavy atom. The van der Waals surface area contributed by atoms with Crippen LogP contribution >= 0.6 is 0 Å². The predicted molar refractivity (Wildman–Crippen MR) is 105 cm³/mol. The molecule has 0 bridgehead atoms. The molecule has 2 aromatic carbocycles. The number of ether oxygens (including phenoxy) is 1. The Morgan fingerprint density at radius 1 is 1.00 bits per heavy atom. The summed E-state index contributed by atoms with van der Waals surface area (Å²) < 4.78 is 7.16. The molecular weight excluding hydrogens is 340 g/mol. The Hall–Kier alpha value is -3.12. The summed E-state index contributed by atoms with van der Waals surface area (Å²) in [5.74, 6) is -0.193. The first-order valence-electron chi connectivity index (χ1n) is 9.13. The lowest BCUT2D eigenvalue weighted by molar-refractivity contribution is 0.0904. The highest BCUT2D eigenvalue weighted by Crippen LogP contribution is 2.19. The van der Waals surface area contributed by atoms with Crippen LogP contribution in [0.3, 0.4) is 0 Å². The molecule has 0 saturated carbocycles. The summed E-state index contributed by atoms with van der Waals surface area (Å²) in [5, 5.41) is 6.45. The minimum atomic E-state index is -0.193. The van der Waals surface area contributed by atoms with E-state index in [9.17, 15) is 4.79 Å². The molecule has 0 aliphatic carbocycles. The van der Waals surface area contributed by atoms with Gasteiger partial charge in [-0.05, 0) is 49.2 Å². The Morgan fingerprint density at radius 3 is 2.44 bits per heavy atom. The van der Waals surface area contributed by atoms with Crippen molar-refractivity contribution < 1.29 is 9.53 Å². The Bertz CT molecular complexity index is 884. The first kappa shape index (κ1) is 17.3. The lowest BCUT2D eigenvalue weighted by Gasteiger charge is -2.24. The average molecular weight is 362 g/mol. The molecule has 3 aromatic rings. The van der Waals surface area contributed by atoms with Crippen LogP contribution in [0.15, 0.2) is 67.1 Å². The molecule has 1 amide bonds. The molecule has 27 heavy (non-hydrogen) atoms. The minimum Gasteiger partial charge on any atom is -0.382 e. The number of nitrogens with zero attached hydrogens (tertiary/aromatic N) is 2. The van der Waals surface area contributed by atoms with Crippen molar-refractivity contribution >= 4 is 17.3 Å². The van der Waals surface area contributed by atoms with Gasteiger partial charge < -0.3 is 15.4 Å². The molecule has 0 atom stereocenters. The second kappa shape index (κ2) is 8.05. The number of anilines is 2. The maximum Gasteiger partial charge on any atom is 0.274 e. The maximum absolute atomic E-state index is 12.7. The summed E-state index contributed by atoms with van der Waals surface area (Å²) in [6, 6.07) is 17.9. The number of carbonyl (C=O) groups excluding carboxylic acids is 1. The van der Waals surface area contributed by atoms with Crippen LogP contribution in [0.4, 0.5) is 11.4 Å². The van der Waals surface area contributed by atoms with Crippen molar-refractivity contribution in [3.8, 4) is 5.69 Å². The van der Waals surface area contributed by atoms with E-state index in [0.29, 0.717) is 11.7 Å². The highest BCUT2D eigenvalue weighted by Gasteiger charge is 2.15. The monoisotopic (exact) mass is 362 g/mol. The van der Waals surface area contributed by atoms with Gasteiger partial charge >= 0.3 is 0 Å². The van der Waals surface area contributed by atoms with Gasteiger partial charge in [0, 0.05) is 36.3 Å². The van der Waals surface area contributed by atoms with Crippen LogP contribution in [0.2, 0.25) is 0 Å². The van der Waals surface area contributed by atoms with Crippen molar-refractivity contribution in [2.24, 2.45) is 0 Å². The van der Waals surface area contributed by atoms with Gasteiger partial charge in [0.05, 0.1) is 12.5 Å². The molecule has 1 saturated heterocycles. The second-order valence-corrected chi connectivity index (χ2v) is 6.55. The minimum absolute atomic E-state index is 0.193. The van der Waals surface area contributed by atoms with E-state index in [1.165, 1.54) is 0 Å². The predicted octanol–water partition coefficient (Wildman–Crippen LogP) is 3.72. The molecular formula is C21H22N4O2. The van der Waals surface area contributed by atoms with Gasteiger partial charge in [-0.2, -0.15) is 0 Å². The van der Waals surface area contributed by atoms with Gasteiger partial charge in [-0.25, -0.2) is 4.98 Å². The molecule has 138 valence electrons. The number of para-hydroxylation sites is 1. The number of benzene rings is 2. The van der Waals surface area contributed by atoms with E-state index < -0.39 is 0 Å². The number of imidazole rings is 1. The van der Waals surface area contributed by atoms with Crippen LogP contribution in [0.25, 0.3) is 5.69 Å². The molecule has 1 aliphatic rings. The summed E-state index contributed by atoms with van der Waals surface area (Å²) in [6.45, 7) is 1.61. The van der Waals surface area contributed by atoms with Crippen molar-refractivity contribution in [1.82, 2.24) is 9.55 Å². The van der Waals surface area contributed by atoms with Crippen molar-refractivity contribution in [2.45, 2.75) is 18.9 Å². The number of hydrogen-bond acceptors (Lipinski definition) is 4. The Balaban J connectivity index is 1.42. The molecule has 1 fully saturated rings. The number of hydrogen-bond donors (Lipinski definition) is 2. The Labute approximate surface area is 158 Å². The van der Waals surface area contributed by atoms with Crippen LogP contribution in [-0.4, -0.2) is 34.7 Å². The summed E-state index contributed by atoms with van der Waals surface area (Å²) in [5.41, 5.74) is 3.19. The molecule has 6 heteroatoms. The van der Waals surface area contributed by atoms with E-state index in [2.05, 4.69) is 15.6 Å². The molecule has 0 radical (unpaired) electrons. The third-order valence-corrected chi connectivity index (χ3v) is 4.64. The fourth-order valence-corrected chi connectivity index (χ4v) is 3.18. The van der Waals surface area contributed by atoms with Crippen molar-refractivity contribution in [2.75, 3.05) is 23.8 Å². The van der Waals surface area contributed by atoms with Crippen molar-refractivity contribution in [3.05, 3.63) is 72.8 Å². The van der Waals surface area contributed by atoms with E-state index in [1.54, 1.807) is 17.1 Å². The molecule has 6 nitrogen and oxygen atoms in total. The SMILES string of the molecule is O=C(Nc1ccc(NC2CCOCC2)cc1)c1cncn1-c1ccccc1. The maximum atomic E-state index is 12.7. The normalized spacial score (nSPS) is 14.7. The summed E-state index contributed by atoms with van der Waals surface area (Å²) in [6.07, 6.45) is 5.25. The van der Waals surface area contributed by atoms with E-state index >= 15 is 0 Å². The van der Waals surface area contributed by atoms with Gasteiger partial charge in [0.25, 0.3) is 5.91 Å². The standard InChI is InChI=1S/C21H22N4O2/c26-21(20-14-22-15-25(20)19-4-2-1-3-5-19)24-17-8-6-16(7-9-17)23-18-10-12-27-13-11-18/h1-9,14-15,18,23H,10-13H2,(H,24,26). The highest BCUT2D eigenvalue weighted by atomic mass is 16.5. The van der Waals surface area contributed by atoms with E-state index in [0.717, 1.165) is 43.1 Å². The molecule has 0 unspecified atom stereocenters. The fraction of sp³-hybridized carbons (Fsp3) is 0.238. The first-order chi connectivity index (χ1) is 13.3. The van der Waals surface area contributed by atoms with Crippen molar-refractivity contribution in [3.63, 3.8) is 0 Å². The largest absolute Gasteiger partial charge is 0.382 e. The number of nitrogens with one attached hydrogen (secondary N) is 2. The zero-order chi connectivity index (χ0) is 18.5. The van der Waals surface area contributed by atoms with E-state index in [4.69, 9.17) is 4.74 Å². The Kier molecular flexibility index (Phi) is 5.16. The van der Waals surface area contributed by atoms with Crippen LogP contribution < -0.4 is 10.6 Å². The smallest absolute Gasteiger partial charge is 0.274 e. The quantitative estimate of drug-likeness (QED) is 0.726. The summed E-state index contributed by atoms with van der Waals surface area (Å²) in [7, 11) is 0. The van der Waals surface area contributed by atoms with Gasteiger partial charge in [0.15, 0.2) is 0 Å². The van der Waals surface area contributed by atoms with Crippen LogP contribution in [-0.2, 0) is 4.74 Å². The molecule has 2 N–H and O–H groups in total. The van der Waals surface area contributed by atoms with Crippen LogP contribution in [0, 0.1) is 0 Å². The summed E-state index contributed by atoms with van der Waals surface area (Å²) in [4.78, 5) is 16.8. The van der Waals surface area contributed by atoms with E-state index in [-0.39, 0.29) is 5.91 Å². The average Bonchev–Trinajstić information content (AvgIpc) is 3.21. The zero-order valence-electron chi connectivity index (χ0n) is 15.0. The number of carbonyl (C=O) groups is 1. The third-order valence-electron chi connectivity index (χ3n) is 4.64. The third kappa shape index (κ3) is 4.17. The lowest BCUT2D eigenvalue weighted by Crippen LogP contribution is -2.27. The fourth-order valence-electron chi connectivity index (χ4n) is 3.18. The first-order valence-corrected chi connectivity index (χ1v) is 9.13. The summed E-state index contributed by atoms with van der Waals surface area (Å²) >= 11 is 0. The van der Waals surface area contributed by atoms with Gasteiger partial charge in [0.2, 0.25) is 0 Å². The molecule has 2 heterocycles. The van der Waals surface area contributed by atoms with Crippen LogP contribution in [0.1, 0.15) is 23.3 Å². The molecule has 0 spiro atoms. The van der Waals surface area contributed by atoms with Crippen LogP contribution in [0.5, 0.6) is 0 Å².